The molecule has 0 saturated heterocycles. The Morgan fingerprint density at radius 1 is 1.00 bits per heavy atom. The van der Waals surface area contributed by atoms with Crippen molar-refractivity contribution in [3.63, 3.8) is 0 Å². The molecule has 5 nitrogen and oxygen atoms in total. The van der Waals surface area contributed by atoms with Gasteiger partial charge in [0, 0.05) is 24.2 Å². The van der Waals surface area contributed by atoms with Crippen LogP contribution in [0.4, 0.5) is 0 Å². The topological polar surface area (TPSA) is 66.2 Å². The van der Waals surface area contributed by atoms with Crippen molar-refractivity contribution in [2.75, 3.05) is 19.4 Å². The van der Waals surface area contributed by atoms with Gasteiger partial charge in [0.25, 0.3) is 0 Å². The number of hydrogen-bond acceptors (Lipinski definition) is 5. The number of rotatable bonds is 6. The summed E-state index contributed by atoms with van der Waals surface area (Å²) in [7, 11) is 1.63. The summed E-state index contributed by atoms with van der Waals surface area (Å²) in [5, 5.41) is 10.7. The maximum atomic E-state index is 13.1. The van der Waals surface area contributed by atoms with Crippen LogP contribution in [-0.4, -0.2) is 35.2 Å². The van der Waals surface area contributed by atoms with E-state index in [4.69, 9.17) is 9.72 Å². The molecule has 4 aromatic rings. The molecule has 1 aromatic heterocycles. The third kappa shape index (κ3) is 4.98. The summed E-state index contributed by atoms with van der Waals surface area (Å²) in [6.45, 7) is 1.32. The monoisotopic (exact) mass is 491 g/mol. The van der Waals surface area contributed by atoms with Crippen molar-refractivity contribution in [3.05, 3.63) is 102 Å². The Balaban J connectivity index is 1.46. The Morgan fingerprint density at radius 3 is 2.44 bits per heavy atom. The van der Waals surface area contributed by atoms with Crippen LogP contribution in [0.2, 0.25) is 0 Å². The van der Waals surface area contributed by atoms with Crippen LogP contribution in [0.15, 0.2) is 90.0 Å². The molecule has 0 bridgehead atoms. The highest BCUT2D eigenvalue weighted by atomic mass is 32.2. The van der Waals surface area contributed by atoms with Crippen molar-refractivity contribution in [2.45, 2.75) is 18.0 Å². The zero-order valence-electron chi connectivity index (χ0n) is 20.0. The first kappa shape index (κ1) is 23.7. The lowest BCUT2D eigenvalue weighted by atomic mass is 9.99. The first-order chi connectivity index (χ1) is 17.7. The molecule has 0 spiro atoms. The van der Waals surface area contributed by atoms with Crippen LogP contribution in [-0.2, 0) is 17.8 Å². The number of pyridine rings is 1. The Bertz CT molecular complexity index is 1430. The molecular formula is C30H25N3O2S. The van der Waals surface area contributed by atoms with Crippen LogP contribution < -0.4 is 4.74 Å². The Hall–Kier alpha value is -4.08. The van der Waals surface area contributed by atoms with Gasteiger partial charge in [-0.2, -0.15) is 5.26 Å². The quantitative estimate of drug-likeness (QED) is 0.311. The number of fused-ring (bicyclic) bond motifs is 1. The molecule has 0 atom stereocenters. The van der Waals surface area contributed by atoms with Crippen molar-refractivity contribution in [1.29, 1.82) is 5.26 Å². The van der Waals surface area contributed by atoms with E-state index < -0.39 is 0 Å². The van der Waals surface area contributed by atoms with Gasteiger partial charge in [0.2, 0.25) is 5.91 Å². The summed E-state index contributed by atoms with van der Waals surface area (Å²) in [5.74, 6) is 1.03. The van der Waals surface area contributed by atoms with Gasteiger partial charge in [-0.3, -0.25) is 4.79 Å². The molecule has 5 rings (SSSR count). The smallest absolute Gasteiger partial charge is 0.233 e. The lowest BCUT2D eigenvalue weighted by Crippen LogP contribution is -2.37. The van der Waals surface area contributed by atoms with E-state index in [0.717, 1.165) is 34.6 Å². The second-order valence-electron chi connectivity index (χ2n) is 8.56. The molecule has 36 heavy (non-hydrogen) atoms. The van der Waals surface area contributed by atoms with Crippen molar-refractivity contribution in [3.8, 4) is 34.2 Å². The third-order valence-corrected chi connectivity index (χ3v) is 7.34. The molecule has 0 unspecified atom stereocenters. The van der Waals surface area contributed by atoms with Crippen molar-refractivity contribution in [2.24, 2.45) is 0 Å². The fraction of sp³-hybridized carbons (Fsp3) is 0.167. The fourth-order valence-electron chi connectivity index (χ4n) is 4.42. The number of nitrogens with zero attached hydrogens (tertiary/aromatic N) is 3. The number of hydrogen-bond donors (Lipinski definition) is 0. The van der Waals surface area contributed by atoms with Gasteiger partial charge in [0.05, 0.1) is 24.1 Å². The molecule has 6 heteroatoms. The minimum Gasteiger partial charge on any atom is -0.497 e. The Morgan fingerprint density at radius 2 is 1.72 bits per heavy atom. The molecule has 178 valence electrons. The van der Waals surface area contributed by atoms with Crippen molar-refractivity contribution < 1.29 is 9.53 Å². The van der Waals surface area contributed by atoms with Crippen LogP contribution in [0.1, 0.15) is 16.7 Å². The number of amides is 1. The summed E-state index contributed by atoms with van der Waals surface area (Å²) in [6, 6.07) is 30.1. The molecule has 2 heterocycles. The maximum Gasteiger partial charge on any atom is 0.233 e. The number of benzene rings is 3. The lowest BCUT2D eigenvalue weighted by Gasteiger charge is -2.28. The minimum atomic E-state index is 0.0521. The second-order valence-corrected chi connectivity index (χ2v) is 9.53. The van der Waals surface area contributed by atoms with E-state index in [2.05, 4.69) is 18.2 Å². The van der Waals surface area contributed by atoms with Crippen LogP contribution in [0.5, 0.6) is 5.75 Å². The van der Waals surface area contributed by atoms with Crippen LogP contribution in [0.25, 0.3) is 22.4 Å². The highest BCUT2D eigenvalue weighted by Gasteiger charge is 2.22. The van der Waals surface area contributed by atoms with Gasteiger partial charge in [-0.25, -0.2) is 4.98 Å². The summed E-state index contributed by atoms with van der Waals surface area (Å²) >= 11 is 1.33. The number of nitriles is 1. The number of carbonyl (C=O) groups is 1. The van der Waals surface area contributed by atoms with Crippen molar-refractivity contribution >= 4 is 17.7 Å². The van der Waals surface area contributed by atoms with Crippen LogP contribution in [0.3, 0.4) is 0 Å². The van der Waals surface area contributed by atoms with E-state index in [-0.39, 0.29) is 11.7 Å². The van der Waals surface area contributed by atoms with E-state index in [1.807, 2.05) is 77.7 Å². The number of carbonyl (C=O) groups excluding carboxylic acids is 1. The zero-order chi connectivity index (χ0) is 24.9. The third-order valence-electron chi connectivity index (χ3n) is 6.38. The largest absolute Gasteiger partial charge is 0.497 e. The predicted molar refractivity (Wildman–Crippen MR) is 143 cm³/mol. The molecule has 1 aliphatic rings. The van der Waals surface area contributed by atoms with E-state index in [1.54, 1.807) is 7.11 Å². The average molecular weight is 492 g/mol. The normalized spacial score (nSPS) is 12.5. The molecule has 1 aliphatic heterocycles. The number of methoxy groups -OCH3 is 1. The second kappa shape index (κ2) is 10.7. The zero-order valence-corrected chi connectivity index (χ0v) is 20.8. The standard InChI is InChI=1S/C30H25N3O2S/c1-35-25-13-11-22(12-14-25)26-17-28(23-8-3-2-4-9-23)32-30(27(26)18-31)36-20-29(34)33-16-15-21-7-5-6-10-24(21)19-33/h2-14,17H,15-16,19-20H2,1H3. The summed E-state index contributed by atoms with van der Waals surface area (Å²) in [5.41, 5.74) is 6.39. The van der Waals surface area contributed by atoms with Gasteiger partial charge in [0.15, 0.2) is 0 Å². The Labute approximate surface area is 215 Å². The summed E-state index contributed by atoms with van der Waals surface area (Å²) in [4.78, 5) is 19.9. The van der Waals surface area contributed by atoms with Gasteiger partial charge in [-0.15, -0.1) is 0 Å². The van der Waals surface area contributed by atoms with Crippen LogP contribution in [0, 0.1) is 11.3 Å². The number of thioether (sulfide) groups is 1. The molecule has 3 aromatic carbocycles. The van der Waals surface area contributed by atoms with Gasteiger partial charge in [-0.1, -0.05) is 78.5 Å². The summed E-state index contributed by atoms with van der Waals surface area (Å²) < 4.78 is 5.30. The summed E-state index contributed by atoms with van der Waals surface area (Å²) in [6.07, 6.45) is 0.861. The van der Waals surface area contributed by atoms with E-state index >= 15 is 0 Å². The van der Waals surface area contributed by atoms with Gasteiger partial charge in [-0.05, 0) is 41.3 Å². The van der Waals surface area contributed by atoms with E-state index in [1.165, 1.54) is 22.9 Å². The van der Waals surface area contributed by atoms with E-state index in [9.17, 15) is 10.1 Å². The molecule has 0 aliphatic carbocycles. The minimum absolute atomic E-state index is 0.0521. The first-order valence-corrected chi connectivity index (χ1v) is 12.8. The predicted octanol–water partition coefficient (Wildman–Crippen LogP) is 5.97. The Kier molecular flexibility index (Phi) is 7.01. The average Bonchev–Trinajstić information content (AvgIpc) is 2.95. The number of aromatic nitrogens is 1. The lowest BCUT2D eigenvalue weighted by molar-refractivity contribution is -0.129. The highest BCUT2D eigenvalue weighted by molar-refractivity contribution is 8.00. The molecule has 0 radical (unpaired) electrons. The van der Waals surface area contributed by atoms with Gasteiger partial charge in [0.1, 0.15) is 16.8 Å². The number of ether oxygens (including phenoxy) is 1. The van der Waals surface area contributed by atoms with Crippen LogP contribution >= 0.6 is 11.8 Å². The fourth-order valence-corrected chi connectivity index (χ4v) is 5.32. The van der Waals surface area contributed by atoms with Gasteiger partial charge >= 0.3 is 0 Å². The molecule has 0 fully saturated rings. The van der Waals surface area contributed by atoms with Gasteiger partial charge < -0.3 is 9.64 Å². The molecule has 0 N–H and O–H groups in total. The van der Waals surface area contributed by atoms with Crippen molar-refractivity contribution in [1.82, 2.24) is 9.88 Å². The SMILES string of the molecule is COc1ccc(-c2cc(-c3ccccc3)nc(SCC(=O)N3CCc4ccccc4C3)c2C#N)cc1. The maximum absolute atomic E-state index is 13.1. The highest BCUT2D eigenvalue weighted by Crippen LogP contribution is 2.35. The molecule has 0 saturated carbocycles. The first-order valence-electron chi connectivity index (χ1n) is 11.8. The molecule has 1 amide bonds. The molecular weight excluding hydrogens is 466 g/mol. The van der Waals surface area contributed by atoms with E-state index in [0.29, 0.717) is 23.7 Å².